The third-order valence-corrected chi connectivity index (χ3v) is 3.07. The van der Waals surface area contributed by atoms with Crippen LogP contribution in [-0.4, -0.2) is 10.2 Å². The lowest BCUT2D eigenvalue weighted by atomic mass is 10.0. The quantitative estimate of drug-likeness (QED) is 0.764. The van der Waals surface area contributed by atoms with Crippen LogP contribution in [-0.2, 0) is 6.42 Å². The number of aryl methyl sites for hydroxylation is 1. The lowest BCUT2D eigenvalue weighted by Crippen LogP contribution is -2.03. The van der Waals surface area contributed by atoms with Crippen molar-refractivity contribution >= 4 is 0 Å². The van der Waals surface area contributed by atoms with Crippen molar-refractivity contribution in [2.45, 2.75) is 27.2 Å². The van der Waals surface area contributed by atoms with Crippen LogP contribution in [0, 0.1) is 20.8 Å². The Labute approximate surface area is 96.4 Å². The first kappa shape index (κ1) is 10.8. The summed E-state index contributed by atoms with van der Waals surface area (Å²) in [7, 11) is 0. The van der Waals surface area contributed by atoms with E-state index in [2.05, 4.69) is 48.3 Å². The molecular formula is C14H16N2. The molecule has 0 bridgehead atoms. The minimum absolute atomic E-state index is 0.862. The van der Waals surface area contributed by atoms with Gasteiger partial charge in [0.1, 0.15) is 0 Å². The standard InChI is InChI=1S/C14H16N2/c1-10-11(2)14(16-15-12(10)3)9-13-7-5-4-6-8-13/h4-8H,9H2,1-3H3. The molecule has 0 fully saturated rings. The highest BCUT2D eigenvalue weighted by Gasteiger charge is 2.07. The fourth-order valence-corrected chi connectivity index (χ4v) is 1.73. The number of rotatable bonds is 2. The van der Waals surface area contributed by atoms with Crippen LogP contribution in [0.2, 0.25) is 0 Å². The average molecular weight is 212 g/mol. The van der Waals surface area contributed by atoms with Crippen LogP contribution >= 0.6 is 0 Å². The number of aromatic nitrogens is 2. The summed E-state index contributed by atoms with van der Waals surface area (Å²) in [6.07, 6.45) is 0.862. The van der Waals surface area contributed by atoms with E-state index < -0.39 is 0 Å². The van der Waals surface area contributed by atoms with Crippen LogP contribution in [0.5, 0.6) is 0 Å². The molecule has 16 heavy (non-hydrogen) atoms. The third-order valence-electron chi connectivity index (χ3n) is 3.07. The van der Waals surface area contributed by atoms with Gasteiger partial charge in [0.25, 0.3) is 0 Å². The Kier molecular flexibility index (Phi) is 3.00. The first-order valence-electron chi connectivity index (χ1n) is 5.52. The summed E-state index contributed by atoms with van der Waals surface area (Å²) >= 11 is 0. The Morgan fingerprint density at radius 2 is 1.56 bits per heavy atom. The minimum Gasteiger partial charge on any atom is -0.155 e. The smallest absolute Gasteiger partial charge is 0.0706 e. The molecule has 0 aliphatic carbocycles. The molecule has 0 saturated heterocycles. The van der Waals surface area contributed by atoms with E-state index in [0.29, 0.717) is 0 Å². The van der Waals surface area contributed by atoms with Gasteiger partial charge in [-0.15, -0.1) is 0 Å². The Balaban J connectivity index is 2.33. The molecular weight excluding hydrogens is 196 g/mol. The highest BCUT2D eigenvalue weighted by atomic mass is 15.1. The van der Waals surface area contributed by atoms with E-state index in [9.17, 15) is 0 Å². The van der Waals surface area contributed by atoms with E-state index in [1.54, 1.807) is 0 Å². The molecule has 0 aliphatic heterocycles. The molecule has 1 heterocycles. The molecule has 0 spiro atoms. The molecule has 0 amide bonds. The van der Waals surface area contributed by atoms with Crippen LogP contribution in [0.3, 0.4) is 0 Å². The van der Waals surface area contributed by atoms with Gasteiger partial charge < -0.3 is 0 Å². The van der Waals surface area contributed by atoms with Crippen molar-refractivity contribution in [3.8, 4) is 0 Å². The van der Waals surface area contributed by atoms with Crippen molar-refractivity contribution in [1.29, 1.82) is 0 Å². The molecule has 1 aromatic carbocycles. The summed E-state index contributed by atoms with van der Waals surface area (Å²) in [6, 6.07) is 10.4. The minimum atomic E-state index is 0.862. The van der Waals surface area contributed by atoms with Gasteiger partial charge in [-0.05, 0) is 37.5 Å². The van der Waals surface area contributed by atoms with Gasteiger partial charge in [-0.3, -0.25) is 0 Å². The van der Waals surface area contributed by atoms with Gasteiger partial charge >= 0.3 is 0 Å². The Morgan fingerprint density at radius 3 is 2.25 bits per heavy atom. The molecule has 0 unspecified atom stereocenters. The fraction of sp³-hybridized carbons (Fsp3) is 0.286. The van der Waals surface area contributed by atoms with Crippen LogP contribution in [0.4, 0.5) is 0 Å². The second-order valence-electron chi connectivity index (χ2n) is 4.14. The average Bonchev–Trinajstić information content (AvgIpc) is 2.31. The summed E-state index contributed by atoms with van der Waals surface area (Å²) in [4.78, 5) is 0. The van der Waals surface area contributed by atoms with E-state index in [0.717, 1.165) is 17.8 Å². The lowest BCUT2D eigenvalue weighted by Gasteiger charge is -2.08. The molecule has 0 atom stereocenters. The highest BCUT2D eigenvalue weighted by Crippen LogP contribution is 2.15. The maximum Gasteiger partial charge on any atom is 0.0706 e. The van der Waals surface area contributed by atoms with Crippen LogP contribution < -0.4 is 0 Å². The monoisotopic (exact) mass is 212 g/mol. The summed E-state index contributed by atoms with van der Waals surface area (Å²) < 4.78 is 0. The van der Waals surface area contributed by atoms with Gasteiger partial charge in [-0.1, -0.05) is 30.3 Å². The molecule has 2 rings (SSSR count). The molecule has 2 nitrogen and oxygen atoms in total. The maximum absolute atomic E-state index is 4.28. The van der Waals surface area contributed by atoms with Crippen molar-refractivity contribution in [2.24, 2.45) is 0 Å². The molecule has 0 saturated carbocycles. The number of nitrogens with zero attached hydrogens (tertiary/aromatic N) is 2. The van der Waals surface area contributed by atoms with Gasteiger partial charge in [0.15, 0.2) is 0 Å². The molecule has 2 aromatic rings. The van der Waals surface area contributed by atoms with Gasteiger partial charge in [0.05, 0.1) is 11.4 Å². The Morgan fingerprint density at radius 1 is 0.875 bits per heavy atom. The summed E-state index contributed by atoms with van der Waals surface area (Å²) in [5.74, 6) is 0. The normalized spacial score (nSPS) is 10.4. The van der Waals surface area contributed by atoms with Crippen molar-refractivity contribution < 1.29 is 0 Å². The predicted octanol–water partition coefficient (Wildman–Crippen LogP) is 2.99. The molecule has 82 valence electrons. The molecule has 0 N–H and O–H groups in total. The maximum atomic E-state index is 4.28. The number of hydrogen-bond acceptors (Lipinski definition) is 2. The van der Waals surface area contributed by atoms with E-state index in [1.165, 1.54) is 16.7 Å². The second-order valence-corrected chi connectivity index (χ2v) is 4.14. The number of benzene rings is 1. The Hall–Kier alpha value is -1.70. The van der Waals surface area contributed by atoms with Crippen molar-refractivity contribution in [3.63, 3.8) is 0 Å². The van der Waals surface area contributed by atoms with Crippen LogP contribution in [0.25, 0.3) is 0 Å². The van der Waals surface area contributed by atoms with E-state index in [1.807, 2.05) is 13.0 Å². The summed E-state index contributed by atoms with van der Waals surface area (Å²) in [5, 5.41) is 8.47. The fourth-order valence-electron chi connectivity index (χ4n) is 1.73. The molecule has 1 aromatic heterocycles. The van der Waals surface area contributed by atoms with Crippen molar-refractivity contribution in [1.82, 2.24) is 10.2 Å². The first-order valence-corrected chi connectivity index (χ1v) is 5.52. The largest absolute Gasteiger partial charge is 0.155 e. The van der Waals surface area contributed by atoms with Gasteiger partial charge in [0.2, 0.25) is 0 Å². The summed E-state index contributed by atoms with van der Waals surface area (Å²) in [5.41, 5.74) is 5.89. The lowest BCUT2D eigenvalue weighted by molar-refractivity contribution is 0.874. The SMILES string of the molecule is Cc1nnc(Cc2ccccc2)c(C)c1C. The van der Waals surface area contributed by atoms with Gasteiger partial charge in [-0.2, -0.15) is 10.2 Å². The van der Waals surface area contributed by atoms with E-state index in [4.69, 9.17) is 0 Å². The first-order chi connectivity index (χ1) is 7.68. The second kappa shape index (κ2) is 4.44. The van der Waals surface area contributed by atoms with E-state index >= 15 is 0 Å². The molecule has 0 radical (unpaired) electrons. The zero-order valence-corrected chi connectivity index (χ0v) is 9.99. The topological polar surface area (TPSA) is 25.8 Å². The predicted molar refractivity (Wildman–Crippen MR) is 65.5 cm³/mol. The number of hydrogen-bond donors (Lipinski definition) is 0. The zero-order chi connectivity index (χ0) is 11.5. The van der Waals surface area contributed by atoms with Crippen LogP contribution in [0.15, 0.2) is 30.3 Å². The van der Waals surface area contributed by atoms with Crippen molar-refractivity contribution in [3.05, 3.63) is 58.4 Å². The summed E-state index contributed by atoms with van der Waals surface area (Å²) in [6.45, 7) is 6.23. The zero-order valence-electron chi connectivity index (χ0n) is 9.99. The van der Waals surface area contributed by atoms with Crippen LogP contribution in [0.1, 0.15) is 28.1 Å². The van der Waals surface area contributed by atoms with Gasteiger partial charge in [-0.25, -0.2) is 0 Å². The third kappa shape index (κ3) is 2.11. The Bertz CT molecular complexity index is 490. The van der Waals surface area contributed by atoms with Gasteiger partial charge in [0, 0.05) is 6.42 Å². The van der Waals surface area contributed by atoms with E-state index in [-0.39, 0.29) is 0 Å². The molecule has 0 aliphatic rings. The molecule has 2 heteroatoms. The highest BCUT2D eigenvalue weighted by molar-refractivity contribution is 5.33. The van der Waals surface area contributed by atoms with Crippen molar-refractivity contribution in [2.75, 3.05) is 0 Å².